The minimum absolute atomic E-state index is 0. The van der Waals surface area contributed by atoms with Crippen molar-refractivity contribution in [3.63, 3.8) is 0 Å². The highest BCUT2D eigenvalue weighted by atomic mass is 35.5. The molecule has 1 rings (SSSR count). The van der Waals surface area contributed by atoms with E-state index in [0.717, 1.165) is 45.9 Å². The summed E-state index contributed by atoms with van der Waals surface area (Å²) >= 11 is 0. The van der Waals surface area contributed by atoms with Crippen LogP contribution in [0.3, 0.4) is 0 Å². The number of amides is 1. The lowest BCUT2D eigenvalue weighted by Gasteiger charge is -2.34. The summed E-state index contributed by atoms with van der Waals surface area (Å²) in [6.45, 7) is 6.15. The zero-order valence-electron chi connectivity index (χ0n) is 11.2. The molecule has 7 heteroatoms. The highest BCUT2D eigenvalue weighted by molar-refractivity contribution is 5.85. The van der Waals surface area contributed by atoms with E-state index in [-0.39, 0.29) is 30.7 Å². The zero-order chi connectivity index (χ0) is 11.8. The van der Waals surface area contributed by atoms with Crippen molar-refractivity contribution in [2.75, 3.05) is 60.0 Å². The van der Waals surface area contributed by atoms with Gasteiger partial charge in [-0.2, -0.15) is 0 Å². The van der Waals surface area contributed by atoms with Gasteiger partial charge in [0.05, 0.1) is 6.61 Å². The number of hydrogen-bond donors (Lipinski definition) is 1. The molecule has 0 atom stereocenters. The van der Waals surface area contributed by atoms with Gasteiger partial charge in [0.25, 0.3) is 0 Å². The summed E-state index contributed by atoms with van der Waals surface area (Å²) in [5, 5.41) is 3.00. The highest BCUT2D eigenvalue weighted by Gasteiger charge is 2.19. The van der Waals surface area contributed by atoms with Gasteiger partial charge in [-0.15, -0.1) is 24.8 Å². The predicted molar refractivity (Wildman–Crippen MR) is 77.9 cm³/mol. The van der Waals surface area contributed by atoms with Gasteiger partial charge >= 0.3 is 0 Å². The Morgan fingerprint density at radius 2 is 1.83 bits per heavy atom. The number of rotatable bonds is 6. The van der Waals surface area contributed by atoms with E-state index in [9.17, 15) is 4.79 Å². The number of ether oxygens (including phenoxy) is 1. The smallest absolute Gasteiger partial charge is 0.223 e. The molecule has 0 spiro atoms. The maximum absolute atomic E-state index is 11.7. The number of carbonyl (C=O) groups is 1. The highest BCUT2D eigenvalue weighted by Crippen LogP contribution is 2.03. The first-order valence-electron chi connectivity index (χ1n) is 5.91. The van der Waals surface area contributed by atoms with E-state index in [1.165, 1.54) is 0 Å². The molecule has 1 fully saturated rings. The van der Waals surface area contributed by atoms with Gasteiger partial charge < -0.3 is 15.0 Å². The fourth-order valence-electron chi connectivity index (χ4n) is 1.83. The van der Waals surface area contributed by atoms with Gasteiger partial charge in [0.1, 0.15) is 0 Å². The van der Waals surface area contributed by atoms with Crippen LogP contribution >= 0.6 is 24.8 Å². The second kappa shape index (κ2) is 12.0. The Balaban J connectivity index is 0. The summed E-state index contributed by atoms with van der Waals surface area (Å²) < 4.78 is 5.04. The van der Waals surface area contributed by atoms with Gasteiger partial charge in [-0.05, 0) is 7.05 Å². The van der Waals surface area contributed by atoms with Gasteiger partial charge in [-0.25, -0.2) is 0 Å². The SMILES string of the molecule is CNCCC(=O)N1CCN(CCOC)CC1.Cl.Cl. The first kappa shape index (κ1) is 20.3. The van der Waals surface area contributed by atoms with Crippen LogP contribution in [0.25, 0.3) is 0 Å². The molecule has 0 unspecified atom stereocenters. The molecule has 0 aromatic heterocycles. The number of nitrogens with zero attached hydrogens (tertiary/aromatic N) is 2. The number of methoxy groups -OCH3 is 1. The van der Waals surface area contributed by atoms with E-state index in [4.69, 9.17) is 4.74 Å². The Bertz CT molecular complexity index is 212. The molecule has 1 amide bonds. The third-order valence-corrected chi connectivity index (χ3v) is 2.93. The molecule has 0 bridgehead atoms. The predicted octanol–water partition coefficient (Wildman–Crippen LogP) is 0.230. The molecule has 110 valence electrons. The molecular formula is C11H25Cl2N3O2. The summed E-state index contributed by atoms with van der Waals surface area (Å²) in [6, 6.07) is 0. The van der Waals surface area contributed by atoms with Crippen molar-refractivity contribution in [1.29, 1.82) is 0 Å². The summed E-state index contributed by atoms with van der Waals surface area (Å²) in [4.78, 5) is 16.0. The Hall–Kier alpha value is -0.0700. The van der Waals surface area contributed by atoms with E-state index in [1.807, 2.05) is 11.9 Å². The number of hydrogen-bond acceptors (Lipinski definition) is 4. The van der Waals surface area contributed by atoms with Crippen LogP contribution in [0.5, 0.6) is 0 Å². The maximum atomic E-state index is 11.7. The van der Waals surface area contributed by atoms with Gasteiger partial charge in [-0.3, -0.25) is 9.69 Å². The van der Waals surface area contributed by atoms with Crippen molar-refractivity contribution in [3.05, 3.63) is 0 Å². The molecule has 0 aromatic carbocycles. The van der Waals surface area contributed by atoms with E-state index in [0.29, 0.717) is 6.42 Å². The summed E-state index contributed by atoms with van der Waals surface area (Å²) in [5.74, 6) is 0.265. The van der Waals surface area contributed by atoms with Gasteiger partial charge in [0.15, 0.2) is 0 Å². The standard InChI is InChI=1S/C11H23N3O2.2ClH/c1-12-4-3-11(15)14-7-5-13(6-8-14)9-10-16-2;;/h12H,3-10H2,1-2H3;2*1H. The normalized spacial score (nSPS) is 15.8. The molecule has 1 aliphatic heterocycles. The van der Waals surface area contributed by atoms with Crippen LogP contribution < -0.4 is 5.32 Å². The van der Waals surface area contributed by atoms with Crippen LogP contribution in [0.2, 0.25) is 0 Å². The second-order valence-corrected chi connectivity index (χ2v) is 4.07. The fraction of sp³-hybridized carbons (Fsp3) is 0.909. The minimum atomic E-state index is 0. The Kier molecular flexibility index (Phi) is 13.5. The lowest BCUT2D eigenvalue weighted by Crippen LogP contribution is -2.49. The lowest BCUT2D eigenvalue weighted by atomic mass is 10.2. The molecule has 1 N–H and O–H groups in total. The van der Waals surface area contributed by atoms with Crippen molar-refractivity contribution < 1.29 is 9.53 Å². The number of piperazine rings is 1. The third-order valence-electron chi connectivity index (χ3n) is 2.93. The van der Waals surface area contributed by atoms with E-state index in [2.05, 4.69) is 10.2 Å². The molecule has 0 aliphatic carbocycles. The average molecular weight is 302 g/mol. The number of carbonyl (C=O) groups excluding carboxylic acids is 1. The van der Waals surface area contributed by atoms with Crippen LogP contribution in [-0.2, 0) is 9.53 Å². The second-order valence-electron chi connectivity index (χ2n) is 4.07. The molecule has 18 heavy (non-hydrogen) atoms. The summed E-state index contributed by atoms with van der Waals surface area (Å²) in [6.07, 6.45) is 0.606. The van der Waals surface area contributed by atoms with Crippen molar-refractivity contribution >= 4 is 30.7 Å². The Labute approximate surface area is 122 Å². The van der Waals surface area contributed by atoms with Crippen molar-refractivity contribution in [3.8, 4) is 0 Å². The molecule has 0 aromatic rings. The summed E-state index contributed by atoms with van der Waals surface area (Å²) in [7, 11) is 3.59. The Morgan fingerprint density at radius 1 is 1.22 bits per heavy atom. The minimum Gasteiger partial charge on any atom is -0.383 e. The molecule has 5 nitrogen and oxygen atoms in total. The van der Waals surface area contributed by atoms with Crippen LogP contribution in [0.15, 0.2) is 0 Å². The zero-order valence-corrected chi connectivity index (χ0v) is 12.8. The molecule has 1 saturated heterocycles. The van der Waals surface area contributed by atoms with Gasteiger partial charge in [0.2, 0.25) is 5.91 Å². The van der Waals surface area contributed by atoms with E-state index >= 15 is 0 Å². The van der Waals surface area contributed by atoms with E-state index in [1.54, 1.807) is 7.11 Å². The molecule has 0 radical (unpaired) electrons. The summed E-state index contributed by atoms with van der Waals surface area (Å²) in [5.41, 5.74) is 0. The van der Waals surface area contributed by atoms with E-state index < -0.39 is 0 Å². The monoisotopic (exact) mass is 301 g/mol. The maximum Gasteiger partial charge on any atom is 0.223 e. The average Bonchev–Trinajstić information content (AvgIpc) is 2.34. The topological polar surface area (TPSA) is 44.8 Å². The fourth-order valence-corrected chi connectivity index (χ4v) is 1.83. The van der Waals surface area contributed by atoms with Crippen LogP contribution in [0.1, 0.15) is 6.42 Å². The molecule has 1 heterocycles. The number of halogens is 2. The van der Waals surface area contributed by atoms with Crippen LogP contribution in [0.4, 0.5) is 0 Å². The van der Waals surface area contributed by atoms with Crippen molar-refractivity contribution in [2.24, 2.45) is 0 Å². The van der Waals surface area contributed by atoms with Crippen molar-refractivity contribution in [1.82, 2.24) is 15.1 Å². The van der Waals surface area contributed by atoms with Crippen LogP contribution in [-0.4, -0.2) is 75.7 Å². The lowest BCUT2D eigenvalue weighted by molar-refractivity contribution is -0.132. The Morgan fingerprint density at radius 3 is 2.33 bits per heavy atom. The van der Waals surface area contributed by atoms with Crippen LogP contribution in [0, 0.1) is 0 Å². The first-order valence-corrected chi connectivity index (χ1v) is 5.91. The molecular weight excluding hydrogens is 277 g/mol. The third kappa shape index (κ3) is 7.38. The molecule has 0 saturated carbocycles. The number of nitrogens with one attached hydrogen (secondary N) is 1. The van der Waals surface area contributed by atoms with Crippen molar-refractivity contribution in [2.45, 2.75) is 6.42 Å². The molecule has 1 aliphatic rings. The van der Waals surface area contributed by atoms with Gasteiger partial charge in [-0.1, -0.05) is 0 Å². The largest absolute Gasteiger partial charge is 0.383 e. The van der Waals surface area contributed by atoms with Gasteiger partial charge in [0, 0.05) is 52.8 Å². The first-order chi connectivity index (χ1) is 7.77. The quantitative estimate of drug-likeness (QED) is 0.763.